The molecule has 0 bridgehead atoms. The number of ketones is 1. The van der Waals surface area contributed by atoms with Gasteiger partial charge in [0, 0.05) is 86.0 Å². The Morgan fingerprint density at radius 3 is 1.53 bits per heavy atom. The van der Waals surface area contributed by atoms with E-state index >= 15 is 4.79 Å². The van der Waals surface area contributed by atoms with Gasteiger partial charge in [0.2, 0.25) is 0 Å². The molecule has 0 amide bonds. The molecule has 332 valence electrons. The fraction of sp³-hybridized carbons (Fsp3) is 0.471. The third-order valence-electron chi connectivity index (χ3n) is 15.4. The van der Waals surface area contributed by atoms with Gasteiger partial charge in [0.1, 0.15) is 11.3 Å². The van der Waals surface area contributed by atoms with Crippen LogP contribution in [-0.4, -0.2) is 122 Å². The molecular weight excluding hydrogens is 805 g/mol. The first kappa shape index (κ1) is 40.7. The zero-order chi connectivity index (χ0) is 43.3. The Kier molecular flexibility index (Phi) is 9.95. The molecule has 4 atom stereocenters. The average Bonchev–Trinajstić information content (AvgIpc) is 4.18. The number of fused-ring (bicyclic) bond motifs is 4. The third kappa shape index (κ3) is 7.12. The second-order valence-electron chi connectivity index (χ2n) is 19.6. The molecule has 13 heteroatoms. The number of ether oxygens (including phenoxy) is 2. The van der Waals surface area contributed by atoms with Gasteiger partial charge in [-0.15, -0.1) is 0 Å². The Hall–Kier alpha value is -4.83. The Morgan fingerprint density at radius 1 is 0.672 bits per heavy atom. The number of carbonyl (C=O) groups excluding carboxylic acids is 1. The lowest BCUT2D eigenvalue weighted by Crippen LogP contribution is -2.62. The van der Waals surface area contributed by atoms with Crippen LogP contribution in [0.2, 0.25) is 0 Å². The summed E-state index contributed by atoms with van der Waals surface area (Å²) in [6, 6.07) is 12.1. The molecule has 2 saturated carbocycles. The molecule has 13 nitrogen and oxygen atoms in total. The van der Waals surface area contributed by atoms with Crippen molar-refractivity contribution in [1.82, 2.24) is 40.4 Å². The van der Waals surface area contributed by atoms with Gasteiger partial charge in [-0.1, -0.05) is 12.1 Å². The van der Waals surface area contributed by atoms with E-state index in [9.17, 15) is 10.2 Å². The van der Waals surface area contributed by atoms with E-state index in [1.165, 1.54) is 33.4 Å². The van der Waals surface area contributed by atoms with Crippen molar-refractivity contribution < 1.29 is 24.5 Å². The number of rotatable bonds is 10. The van der Waals surface area contributed by atoms with Gasteiger partial charge in [0.25, 0.3) is 0 Å². The number of morpholine rings is 2. The van der Waals surface area contributed by atoms with E-state index in [-0.39, 0.29) is 17.9 Å². The molecular formula is C51H58N8O5. The predicted molar refractivity (Wildman–Crippen MR) is 245 cm³/mol. The van der Waals surface area contributed by atoms with Crippen LogP contribution in [-0.2, 0) is 40.2 Å². The van der Waals surface area contributed by atoms with E-state index in [0.717, 1.165) is 81.4 Å². The van der Waals surface area contributed by atoms with Gasteiger partial charge < -0.3 is 40.3 Å². The van der Waals surface area contributed by atoms with Crippen molar-refractivity contribution in [1.29, 1.82) is 0 Å². The van der Waals surface area contributed by atoms with E-state index < -0.39 is 23.3 Å². The first-order valence-corrected chi connectivity index (χ1v) is 23.4. The molecule has 4 fully saturated rings. The molecule has 6 aliphatic rings. The summed E-state index contributed by atoms with van der Waals surface area (Å²) in [5.74, 6) is -0.0519. The number of aromatic amines is 2. The number of carbonyl (C=O) groups is 1. The fourth-order valence-electron chi connectivity index (χ4n) is 11.5. The van der Waals surface area contributed by atoms with Crippen molar-refractivity contribution in [2.24, 2.45) is 0 Å². The van der Waals surface area contributed by atoms with Crippen molar-refractivity contribution in [3.63, 3.8) is 0 Å². The quantitative estimate of drug-likeness (QED) is 0.103. The van der Waals surface area contributed by atoms with Gasteiger partial charge in [-0.3, -0.25) is 14.6 Å². The van der Waals surface area contributed by atoms with Crippen LogP contribution in [0.15, 0.2) is 61.2 Å². The van der Waals surface area contributed by atoms with Crippen molar-refractivity contribution >= 4 is 27.9 Å². The lowest BCUT2D eigenvalue weighted by atomic mass is 9.83. The van der Waals surface area contributed by atoms with Crippen molar-refractivity contribution in [3.8, 4) is 22.3 Å². The molecule has 2 aliphatic carbocycles. The third-order valence-corrected chi connectivity index (χ3v) is 15.4. The first-order valence-electron chi connectivity index (χ1n) is 23.4. The summed E-state index contributed by atoms with van der Waals surface area (Å²) in [6.07, 6.45) is 11.7. The molecule has 2 saturated heterocycles. The topological polar surface area (TPSA) is 164 Å². The molecule has 6 aromatic rings. The van der Waals surface area contributed by atoms with Crippen LogP contribution < -0.4 is 10.6 Å². The molecule has 0 radical (unpaired) electrons. The van der Waals surface area contributed by atoms with E-state index in [0.29, 0.717) is 78.3 Å². The largest absolute Gasteiger partial charge is 0.388 e. The minimum atomic E-state index is -1.13. The molecule has 64 heavy (non-hydrogen) atoms. The molecule has 2 aromatic carbocycles. The normalized spacial score (nSPS) is 24.0. The highest BCUT2D eigenvalue weighted by Crippen LogP contribution is 2.49. The van der Waals surface area contributed by atoms with Crippen LogP contribution in [0, 0.1) is 13.8 Å². The minimum Gasteiger partial charge on any atom is -0.388 e. The molecule has 4 aliphatic heterocycles. The van der Waals surface area contributed by atoms with Crippen LogP contribution in [0.1, 0.15) is 82.3 Å². The number of Topliss-reactive ketones (excluding diaryl/α,β-unsaturated/α-hetero) is 1. The number of pyridine rings is 2. The zero-order valence-electron chi connectivity index (χ0n) is 36.8. The average molecular weight is 863 g/mol. The number of benzene rings is 2. The van der Waals surface area contributed by atoms with E-state index in [1.54, 1.807) is 0 Å². The van der Waals surface area contributed by atoms with Gasteiger partial charge in [0.05, 0.1) is 61.8 Å². The maximum Gasteiger partial charge on any atom is 0.172 e. The Bertz CT molecular complexity index is 2610. The first-order chi connectivity index (χ1) is 31.1. The number of nitrogens with zero attached hydrogens (tertiary/aromatic N) is 4. The van der Waals surface area contributed by atoms with Gasteiger partial charge in [-0.05, 0) is 132 Å². The summed E-state index contributed by atoms with van der Waals surface area (Å²) >= 11 is 0. The Morgan fingerprint density at radius 2 is 1.12 bits per heavy atom. The lowest BCUT2D eigenvalue weighted by Gasteiger charge is -2.44. The fourth-order valence-corrected chi connectivity index (χ4v) is 11.5. The number of H-pyrrole nitrogens is 2. The van der Waals surface area contributed by atoms with E-state index in [4.69, 9.17) is 19.4 Å². The zero-order valence-corrected chi connectivity index (χ0v) is 36.8. The number of nitrogens with one attached hydrogen (secondary N) is 4. The summed E-state index contributed by atoms with van der Waals surface area (Å²) in [6.45, 7) is 10.5. The highest BCUT2D eigenvalue weighted by molar-refractivity contribution is 5.93. The summed E-state index contributed by atoms with van der Waals surface area (Å²) in [7, 11) is 0. The standard InChI is InChI=1S/C51H58N8O5/c1-29-21-54-48-37(29)19-35(23-56-48)33-15-31-3-11-58(25-41(31)39(17-33)43-27-63-13-9-52-43)46(50(61)5-6-50)45(60)47(51(62)7-8-51)59-12-4-32-16-34(36-20-38-30(2)22-55-49(38)57-24-36)18-40(42(32)26-59)44-28-64-14-10-53-44/h15-24,43-44,46-47,52-53,61-62H,3-14,25-28H2,1-2H3,(H,54,56)(H,55,57)/t43?,44?,46-,47-/m0/s1. The predicted octanol–water partition coefficient (Wildman–Crippen LogP) is 5.48. The summed E-state index contributed by atoms with van der Waals surface area (Å²) in [4.78, 5) is 36.2. The molecule has 4 aromatic heterocycles. The Balaban J connectivity index is 0.880. The number of aromatic nitrogens is 4. The van der Waals surface area contributed by atoms with Crippen molar-refractivity contribution in [2.45, 2.75) is 101 Å². The molecule has 12 rings (SSSR count). The lowest BCUT2D eigenvalue weighted by molar-refractivity contribution is -0.142. The smallest absolute Gasteiger partial charge is 0.172 e. The number of aliphatic hydroxyl groups is 2. The van der Waals surface area contributed by atoms with Gasteiger partial charge >= 0.3 is 0 Å². The van der Waals surface area contributed by atoms with Crippen molar-refractivity contribution in [2.75, 3.05) is 52.6 Å². The van der Waals surface area contributed by atoms with Gasteiger partial charge in [-0.2, -0.15) is 0 Å². The van der Waals surface area contributed by atoms with Crippen LogP contribution in [0.4, 0.5) is 0 Å². The number of hydrogen-bond donors (Lipinski definition) is 6. The number of aryl methyl sites for hydroxylation is 2. The van der Waals surface area contributed by atoms with Crippen LogP contribution >= 0.6 is 0 Å². The summed E-state index contributed by atoms with van der Waals surface area (Å²) in [5.41, 5.74) is 13.5. The maximum atomic E-state index is 15.6. The van der Waals surface area contributed by atoms with E-state index in [1.807, 2.05) is 24.8 Å². The SMILES string of the molecule is Cc1c[nH]c2ncc(-c3cc4c(c(C5COCCN5)c3)CN([C@@H](C(=O)[C@H](N3CCc5cc(-c6cnc7[nH]cc(C)c7c6)cc(C6COCCN6)c5C3)C3(O)CC3)C3(O)CC3)CC4)cc12. The van der Waals surface area contributed by atoms with Gasteiger partial charge in [-0.25, -0.2) is 9.97 Å². The minimum absolute atomic E-state index is 0.00437. The van der Waals surface area contributed by atoms with Crippen LogP contribution in [0.3, 0.4) is 0 Å². The molecule has 8 heterocycles. The maximum absolute atomic E-state index is 15.6. The van der Waals surface area contributed by atoms with Gasteiger partial charge in [0.15, 0.2) is 5.78 Å². The summed E-state index contributed by atoms with van der Waals surface area (Å²) in [5, 5.41) is 34.1. The van der Waals surface area contributed by atoms with Crippen LogP contribution in [0.5, 0.6) is 0 Å². The molecule has 6 N–H and O–H groups in total. The van der Waals surface area contributed by atoms with E-state index in [2.05, 4.69) is 80.6 Å². The monoisotopic (exact) mass is 862 g/mol. The number of hydrogen-bond acceptors (Lipinski definition) is 11. The Labute approximate surface area is 373 Å². The molecule has 0 spiro atoms. The highest BCUT2D eigenvalue weighted by Gasteiger charge is 2.61. The van der Waals surface area contributed by atoms with Crippen LogP contribution in [0.25, 0.3) is 44.3 Å². The second-order valence-corrected chi connectivity index (χ2v) is 19.6. The van der Waals surface area contributed by atoms with Crippen molar-refractivity contribution in [3.05, 3.63) is 106 Å². The molecule has 2 unspecified atom stereocenters. The summed E-state index contributed by atoms with van der Waals surface area (Å²) < 4.78 is 12.1. The second kappa shape index (κ2) is 15.7. The highest BCUT2D eigenvalue weighted by atomic mass is 16.5.